The van der Waals surface area contributed by atoms with Crippen molar-refractivity contribution >= 4 is 28.6 Å². The molecule has 1 saturated heterocycles. The fourth-order valence-corrected chi connectivity index (χ4v) is 6.55. The number of ether oxygens (including phenoxy) is 1. The third kappa shape index (κ3) is 9.13. The number of benzene rings is 1. The van der Waals surface area contributed by atoms with Crippen LogP contribution in [0.5, 0.6) is 0 Å². The van der Waals surface area contributed by atoms with Crippen molar-refractivity contribution in [1.82, 2.24) is 4.90 Å². The zero-order valence-corrected chi connectivity index (χ0v) is 28.3. The van der Waals surface area contributed by atoms with Crippen LogP contribution in [-0.4, -0.2) is 58.9 Å². The van der Waals surface area contributed by atoms with E-state index in [1.165, 1.54) is 4.90 Å². The van der Waals surface area contributed by atoms with Crippen LogP contribution in [0.15, 0.2) is 42.5 Å². The van der Waals surface area contributed by atoms with Crippen LogP contribution in [0.3, 0.4) is 0 Å². The van der Waals surface area contributed by atoms with E-state index < -0.39 is 28.6 Å². The second kappa shape index (κ2) is 12.8. The van der Waals surface area contributed by atoms with Crippen LogP contribution < -0.4 is 0 Å². The fraction of sp³-hybridized carbons (Fsp3) is 0.677. The van der Waals surface area contributed by atoms with E-state index in [2.05, 4.69) is 74.3 Å². The Kier molecular flexibility index (Phi) is 11.0. The topological polar surface area (TPSA) is 65.1 Å². The molecule has 39 heavy (non-hydrogen) atoms. The Bertz CT molecular complexity index is 994. The molecule has 1 aliphatic heterocycles. The minimum atomic E-state index is -2.06. The Labute approximate surface area is 239 Å². The lowest BCUT2D eigenvalue weighted by molar-refractivity contribution is -0.132. The highest BCUT2D eigenvalue weighted by Gasteiger charge is 2.42. The van der Waals surface area contributed by atoms with Crippen LogP contribution in [0.2, 0.25) is 36.3 Å². The molecule has 0 saturated carbocycles. The summed E-state index contributed by atoms with van der Waals surface area (Å²) >= 11 is 0. The number of amides is 2. The molecule has 1 aromatic rings. The second-order valence-electron chi connectivity index (χ2n) is 14.3. The molecule has 1 aliphatic rings. The largest absolute Gasteiger partial charge is 0.447 e. The van der Waals surface area contributed by atoms with Crippen molar-refractivity contribution in [3.05, 3.63) is 48.0 Å². The van der Waals surface area contributed by atoms with Gasteiger partial charge >= 0.3 is 6.09 Å². The van der Waals surface area contributed by atoms with E-state index in [9.17, 15) is 9.59 Å². The molecule has 1 fully saturated rings. The molecule has 0 unspecified atom stereocenters. The van der Waals surface area contributed by atoms with Crippen molar-refractivity contribution in [1.29, 1.82) is 0 Å². The minimum Gasteiger partial charge on any atom is -0.447 e. The monoisotopic (exact) mass is 575 g/mol. The van der Waals surface area contributed by atoms with Crippen LogP contribution in [-0.2, 0) is 24.8 Å². The zero-order chi connectivity index (χ0) is 29.8. The van der Waals surface area contributed by atoms with Crippen molar-refractivity contribution in [2.24, 2.45) is 5.92 Å². The van der Waals surface area contributed by atoms with Crippen molar-refractivity contribution in [2.45, 2.75) is 116 Å². The lowest BCUT2D eigenvalue weighted by Crippen LogP contribution is -2.48. The summed E-state index contributed by atoms with van der Waals surface area (Å²) in [7, 11) is -4.02. The first-order valence-corrected chi connectivity index (χ1v) is 20.1. The summed E-state index contributed by atoms with van der Waals surface area (Å²) < 4.78 is 18.7. The number of rotatable bonds is 12. The summed E-state index contributed by atoms with van der Waals surface area (Å²) in [6.45, 7) is 29.4. The molecule has 0 aliphatic carbocycles. The summed E-state index contributed by atoms with van der Waals surface area (Å²) in [5.41, 5.74) is 2.01. The van der Waals surface area contributed by atoms with Gasteiger partial charge in [-0.25, -0.2) is 9.69 Å². The molecule has 0 bridgehead atoms. The molecular weight excluding hydrogens is 523 g/mol. The van der Waals surface area contributed by atoms with Gasteiger partial charge in [-0.3, -0.25) is 4.79 Å². The quantitative estimate of drug-likeness (QED) is 0.187. The highest BCUT2D eigenvalue weighted by Crippen LogP contribution is 2.40. The third-order valence-electron chi connectivity index (χ3n) is 8.75. The summed E-state index contributed by atoms with van der Waals surface area (Å²) in [4.78, 5) is 27.3. The summed E-state index contributed by atoms with van der Waals surface area (Å²) in [5.74, 6) is -0.602. The molecular formula is C31H53NO5Si2. The maximum absolute atomic E-state index is 13.4. The summed E-state index contributed by atoms with van der Waals surface area (Å²) in [6.07, 6.45) is 1.01. The Morgan fingerprint density at radius 2 is 1.59 bits per heavy atom. The molecule has 2 rings (SSSR count). The molecule has 3 atom stereocenters. The number of hydrogen-bond acceptors (Lipinski definition) is 5. The zero-order valence-electron chi connectivity index (χ0n) is 26.3. The maximum Gasteiger partial charge on any atom is 0.416 e. The Morgan fingerprint density at radius 3 is 2.13 bits per heavy atom. The van der Waals surface area contributed by atoms with Gasteiger partial charge in [0.05, 0.1) is 18.8 Å². The van der Waals surface area contributed by atoms with E-state index >= 15 is 0 Å². The van der Waals surface area contributed by atoms with Crippen LogP contribution >= 0.6 is 0 Å². The average Bonchev–Trinajstić information content (AvgIpc) is 3.15. The Balaban J connectivity index is 2.10. The Hall–Kier alpha value is -1.75. The van der Waals surface area contributed by atoms with E-state index in [0.29, 0.717) is 25.9 Å². The first-order chi connectivity index (χ1) is 17.7. The molecule has 2 amide bonds. The van der Waals surface area contributed by atoms with E-state index in [1.54, 1.807) is 0 Å². The Morgan fingerprint density at radius 1 is 1.03 bits per heavy atom. The maximum atomic E-state index is 13.4. The molecule has 8 heteroatoms. The van der Waals surface area contributed by atoms with E-state index in [0.717, 1.165) is 11.1 Å². The molecule has 0 aromatic heterocycles. The lowest BCUT2D eigenvalue weighted by atomic mass is 9.96. The van der Waals surface area contributed by atoms with Crippen molar-refractivity contribution < 1.29 is 23.2 Å². The average molecular weight is 576 g/mol. The number of carbonyl (C=O) groups excluding carboxylic acids is 2. The second-order valence-corrected chi connectivity index (χ2v) is 23.8. The molecule has 0 spiro atoms. The number of imide groups is 1. The third-order valence-corrected chi connectivity index (χ3v) is 17.8. The van der Waals surface area contributed by atoms with Crippen LogP contribution in [0.1, 0.15) is 66.9 Å². The van der Waals surface area contributed by atoms with Crippen LogP contribution in [0, 0.1) is 5.92 Å². The standard InChI is InChI=1S/C31H53NO5Si2/c1-23(19-27(37-39(11,12)31(6,7)8)22-36-38(9,10)30(3,4)5)18-24(2)28(33)32-26(21-35-29(32)34)20-25-16-14-13-15-17-25/h13-17,24,26-27H,1,18-22H2,2-12H3/t24-,26+,27-/m0/s1. The smallest absolute Gasteiger partial charge is 0.416 e. The summed E-state index contributed by atoms with van der Waals surface area (Å²) in [6, 6.07) is 9.59. The van der Waals surface area contributed by atoms with E-state index in [1.807, 2.05) is 37.3 Å². The van der Waals surface area contributed by atoms with E-state index in [-0.39, 0.29) is 34.7 Å². The summed E-state index contributed by atoms with van der Waals surface area (Å²) in [5, 5.41) is 0.170. The van der Waals surface area contributed by atoms with Crippen molar-refractivity contribution in [3.63, 3.8) is 0 Å². The van der Waals surface area contributed by atoms with Crippen molar-refractivity contribution in [2.75, 3.05) is 13.2 Å². The molecule has 0 radical (unpaired) electrons. The van der Waals surface area contributed by atoms with Gasteiger partial charge in [0.25, 0.3) is 0 Å². The number of carbonyl (C=O) groups is 2. The first-order valence-electron chi connectivity index (χ1n) is 14.3. The molecule has 6 nitrogen and oxygen atoms in total. The van der Waals surface area contributed by atoms with Crippen LogP contribution in [0.25, 0.3) is 0 Å². The van der Waals surface area contributed by atoms with Crippen LogP contribution in [0.4, 0.5) is 4.79 Å². The predicted molar refractivity (Wildman–Crippen MR) is 165 cm³/mol. The SMILES string of the molecule is C=C(C[C@@H](CO[Si](C)(C)C(C)(C)C)O[Si](C)(C)C(C)(C)C)C[C@H](C)C(=O)N1C(=O)OC[C@H]1Cc1ccccc1. The van der Waals surface area contributed by atoms with E-state index in [4.69, 9.17) is 13.6 Å². The normalized spacial score (nSPS) is 18.6. The number of hydrogen-bond donors (Lipinski definition) is 0. The van der Waals surface area contributed by atoms with Gasteiger partial charge in [0.1, 0.15) is 6.61 Å². The van der Waals surface area contributed by atoms with Gasteiger partial charge in [0, 0.05) is 5.92 Å². The molecule has 1 heterocycles. The van der Waals surface area contributed by atoms with Gasteiger partial charge in [-0.15, -0.1) is 0 Å². The minimum absolute atomic E-state index is 0.0662. The highest BCUT2D eigenvalue weighted by atomic mass is 28.4. The van der Waals surface area contributed by atoms with Crippen molar-refractivity contribution in [3.8, 4) is 0 Å². The van der Waals surface area contributed by atoms with Gasteiger partial charge < -0.3 is 13.6 Å². The number of nitrogens with zero attached hydrogens (tertiary/aromatic N) is 1. The fourth-order valence-electron chi connectivity index (χ4n) is 4.18. The first kappa shape index (κ1) is 33.5. The van der Waals surface area contributed by atoms with Gasteiger partial charge in [-0.1, -0.05) is 91.0 Å². The number of cyclic esters (lactones) is 1. The van der Waals surface area contributed by atoms with Gasteiger partial charge in [0.2, 0.25) is 5.91 Å². The van der Waals surface area contributed by atoms with Gasteiger partial charge in [-0.2, -0.15) is 0 Å². The molecule has 0 N–H and O–H groups in total. The molecule has 1 aromatic carbocycles. The predicted octanol–water partition coefficient (Wildman–Crippen LogP) is 7.96. The van der Waals surface area contributed by atoms with Gasteiger partial charge in [-0.05, 0) is 61.1 Å². The van der Waals surface area contributed by atoms with Gasteiger partial charge in [0.15, 0.2) is 16.6 Å². The lowest BCUT2D eigenvalue weighted by Gasteiger charge is -2.42. The molecule has 220 valence electrons. The highest BCUT2D eigenvalue weighted by molar-refractivity contribution is 6.74.